The van der Waals surface area contributed by atoms with Gasteiger partial charge in [-0.1, -0.05) is 6.07 Å². The van der Waals surface area contributed by atoms with E-state index in [9.17, 15) is 22.8 Å². The van der Waals surface area contributed by atoms with Gasteiger partial charge in [0.1, 0.15) is 5.56 Å². The Morgan fingerprint density at radius 3 is 2.45 bits per heavy atom. The predicted octanol–water partition coefficient (Wildman–Crippen LogP) is 1.49. The van der Waals surface area contributed by atoms with Crippen molar-refractivity contribution in [1.82, 2.24) is 19.5 Å². The summed E-state index contributed by atoms with van der Waals surface area (Å²) in [5.41, 5.74) is -1.37. The van der Waals surface area contributed by atoms with Gasteiger partial charge in [-0.2, -0.15) is 0 Å². The molecule has 3 N–H and O–H groups in total. The summed E-state index contributed by atoms with van der Waals surface area (Å²) in [5.74, 6) is -0.825. The van der Waals surface area contributed by atoms with E-state index in [1.807, 2.05) is 5.38 Å². The van der Waals surface area contributed by atoms with Gasteiger partial charge in [-0.05, 0) is 41.8 Å². The molecule has 1 amide bonds. The summed E-state index contributed by atoms with van der Waals surface area (Å²) in [5, 5.41) is 4.34. The zero-order valence-electron chi connectivity index (χ0n) is 16.8. The van der Waals surface area contributed by atoms with Gasteiger partial charge in [0, 0.05) is 29.2 Å². The highest BCUT2D eigenvalue weighted by molar-refractivity contribution is 7.92. The lowest BCUT2D eigenvalue weighted by Gasteiger charge is -2.09. The zero-order chi connectivity index (χ0) is 23.4. The summed E-state index contributed by atoms with van der Waals surface area (Å²) in [6, 6.07) is 10.4. The first-order chi connectivity index (χ1) is 15.8. The molecule has 3 heterocycles. The molecule has 168 valence electrons. The van der Waals surface area contributed by atoms with Crippen LogP contribution >= 0.6 is 11.3 Å². The molecule has 0 spiro atoms. The van der Waals surface area contributed by atoms with Crippen LogP contribution in [0.4, 0.5) is 11.6 Å². The average Bonchev–Trinajstić information content (AvgIpc) is 3.31. The second kappa shape index (κ2) is 9.18. The van der Waals surface area contributed by atoms with Crippen molar-refractivity contribution < 1.29 is 13.2 Å². The molecule has 0 saturated carbocycles. The third-order valence-electron chi connectivity index (χ3n) is 4.41. The zero-order valence-corrected chi connectivity index (χ0v) is 18.4. The summed E-state index contributed by atoms with van der Waals surface area (Å²) in [6.45, 7) is 0.0393. The number of anilines is 2. The first-order valence-electron chi connectivity index (χ1n) is 9.40. The molecule has 0 saturated heterocycles. The van der Waals surface area contributed by atoms with Crippen LogP contribution in [0.5, 0.6) is 0 Å². The van der Waals surface area contributed by atoms with Gasteiger partial charge in [0.15, 0.2) is 0 Å². The fourth-order valence-electron chi connectivity index (χ4n) is 2.82. The third-order valence-corrected chi connectivity index (χ3v) is 6.62. The number of nitrogens with zero attached hydrogens (tertiary/aromatic N) is 3. The fourth-order valence-corrected chi connectivity index (χ4v) is 4.47. The molecule has 4 rings (SSSR count). The van der Waals surface area contributed by atoms with Crippen LogP contribution in [-0.4, -0.2) is 33.8 Å². The number of carbonyl (C=O) groups is 1. The molecule has 33 heavy (non-hydrogen) atoms. The monoisotopic (exact) mass is 484 g/mol. The Morgan fingerprint density at radius 2 is 1.79 bits per heavy atom. The lowest BCUT2D eigenvalue weighted by atomic mass is 10.2. The van der Waals surface area contributed by atoms with E-state index in [4.69, 9.17) is 0 Å². The van der Waals surface area contributed by atoms with E-state index in [-0.39, 0.29) is 28.6 Å². The number of benzene rings is 1. The minimum atomic E-state index is -3.93. The smallest absolute Gasteiger partial charge is 0.322 e. The van der Waals surface area contributed by atoms with E-state index in [0.29, 0.717) is 0 Å². The number of thiophene rings is 1. The molecule has 0 unspecified atom stereocenters. The number of H-pyrrole nitrogens is 1. The summed E-state index contributed by atoms with van der Waals surface area (Å²) < 4.78 is 28.1. The number of sulfonamides is 1. The van der Waals surface area contributed by atoms with Crippen molar-refractivity contribution in [1.29, 1.82) is 0 Å². The first-order valence-corrected chi connectivity index (χ1v) is 11.8. The van der Waals surface area contributed by atoms with Crippen molar-refractivity contribution in [3.8, 4) is 0 Å². The maximum atomic E-state index is 12.7. The number of nitrogens with one attached hydrogen (secondary N) is 3. The summed E-state index contributed by atoms with van der Waals surface area (Å²) in [6.07, 6.45) is 3.84. The standard InChI is InChI=1S/C20H16N6O5S2/c27-17(16-11-23-20(29)26(18(16)28)12-14-3-1-10-32-14)24-13-4-6-15(7-5-13)33(30,31)25-19-21-8-2-9-22-19/h1-11H,12H2,(H,23,29)(H,24,27)(H,21,22,25). The Balaban J connectivity index is 1.51. The average molecular weight is 485 g/mol. The highest BCUT2D eigenvalue weighted by atomic mass is 32.2. The number of hydrogen-bond donors (Lipinski definition) is 3. The van der Waals surface area contributed by atoms with Gasteiger partial charge in [0.2, 0.25) is 5.95 Å². The van der Waals surface area contributed by atoms with E-state index in [1.165, 1.54) is 48.0 Å². The Hall–Kier alpha value is -4.10. The van der Waals surface area contributed by atoms with Gasteiger partial charge in [0.25, 0.3) is 21.5 Å². The van der Waals surface area contributed by atoms with Crippen LogP contribution in [0, 0.1) is 0 Å². The van der Waals surface area contributed by atoms with Crippen LogP contribution in [0.25, 0.3) is 0 Å². The van der Waals surface area contributed by atoms with Crippen LogP contribution < -0.4 is 21.3 Å². The van der Waals surface area contributed by atoms with Crippen molar-refractivity contribution >= 4 is 38.9 Å². The lowest BCUT2D eigenvalue weighted by molar-refractivity contribution is 0.102. The molecule has 4 aromatic rings. The number of hydrogen-bond acceptors (Lipinski definition) is 8. The highest BCUT2D eigenvalue weighted by Crippen LogP contribution is 2.17. The van der Waals surface area contributed by atoms with E-state index in [0.717, 1.165) is 15.6 Å². The Morgan fingerprint density at radius 1 is 1.06 bits per heavy atom. The van der Waals surface area contributed by atoms with Crippen LogP contribution in [0.2, 0.25) is 0 Å². The topological polar surface area (TPSA) is 156 Å². The molecule has 3 aromatic heterocycles. The van der Waals surface area contributed by atoms with Crippen molar-refractivity contribution in [3.05, 3.63) is 97.7 Å². The van der Waals surface area contributed by atoms with Crippen LogP contribution in [-0.2, 0) is 16.6 Å². The second-order valence-electron chi connectivity index (χ2n) is 6.63. The molecular formula is C20H16N6O5S2. The molecule has 13 heteroatoms. The Labute approximate surface area is 190 Å². The quantitative estimate of drug-likeness (QED) is 0.359. The van der Waals surface area contributed by atoms with Crippen molar-refractivity contribution in [2.45, 2.75) is 11.4 Å². The molecule has 0 fully saturated rings. The first kappa shape index (κ1) is 22.1. The molecule has 0 radical (unpaired) electrons. The molecule has 1 aromatic carbocycles. The lowest BCUT2D eigenvalue weighted by Crippen LogP contribution is -2.39. The molecule has 0 atom stereocenters. The van der Waals surface area contributed by atoms with Crippen molar-refractivity contribution in [2.24, 2.45) is 0 Å². The van der Waals surface area contributed by atoms with E-state index in [1.54, 1.807) is 18.2 Å². The molecule has 0 aliphatic heterocycles. The normalized spacial score (nSPS) is 11.2. The summed E-state index contributed by atoms with van der Waals surface area (Å²) >= 11 is 1.38. The molecular weight excluding hydrogens is 468 g/mol. The van der Waals surface area contributed by atoms with Crippen LogP contribution in [0.1, 0.15) is 15.2 Å². The summed E-state index contributed by atoms with van der Waals surface area (Å²) in [4.78, 5) is 48.1. The van der Waals surface area contributed by atoms with Crippen LogP contribution in [0.3, 0.4) is 0 Å². The number of carbonyl (C=O) groups excluding carboxylic acids is 1. The minimum Gasteiger partial charge on any atom is -0.322 e. The van der Waals surface area contributed by atoms with Gasteiger partial charge in [-0.25, -0.2) is 27.9 Å². The molecule has 11 nitrogen and oxygen atoms in total. The van der Waals surface area contributed by atoms with E-state index in [2.05, 4.69) is 25.0 Å². The highest BCUT2D eigenvalue weighted by Gasteiger charge is 2.18. The number of rotatable bonds is 7. The molecule has 0 bridgehead atoms. The SMILES string of the molecule is O=C(Nc1ccc(S(=O)(=O)Nc2ncccn2)cc1)c1c[nH]c(=O)n(Cc2cccs2)c1=O. The largest absolute Gasteiger partial charge is 0.328 e. The van der Waals surface area contributed by atoms with Gasteiger partial charge in [0.05, 0.1) is 11.4 Å². The van der Waals surface area contributed by atoms with Crippen molar-refractivity contribution in [3.63, 3.8) is 0 Å². The number of aromatic amines is 1. The fraction of sp³-hybridized carbons (Fsp3) is 0.0500. The maximum absolute atomic E-state index is 12.7. The van der Waals surface area contributed by atoms with E-state index >= 15 is 0 Å². The molecule has 0 aliphatic rings. The number of amides is 1. The number of aromatic nitrogens is 4. The van der Waals surface area contributed by atoms with Gasteiger partial charge < -0.3 is 10.3 Å². The van der Waals surface area contributed by atoms with Gasteiger partial charge in [-0.3, -0.25) is 14.2 Å². The maximum Gasteiger partial charge on any atom is 0.328 e. The Bertz CT molecular complexity index is 1500. The van der Waals surface area contributed by atoms with Crippen LogP contribution in [0.15, 0.2) is 80.9 Å². The van der Waals surface area contributed by atoms with Gasteiger partial charge in [-0.15, -0.1) is 11.3 Å². The Kier molecular flexibility index (Phi) is 6.15. The van der Waals surface area contributed by atoms with Gasteiger partial charge >= 0.3 is 5.69 Å². The third kappa shape index (κ3) is 5.05. The summed E-state index contributed by atoms with van der Waals surface area (Å²) in [7, 11) is -3.93. The minimum absolute atomic E-state index is 0.0393. The second-order valence-corrected chi connectivity index (χ2v) is 9.35. The van der Waals surface area contributed by atoms with Crippen molar-refractivity contribution in [2.75, 3.05) is 10.0 Å². The van der Waals surface area contributed by atoms with E-state index < -0.39 is 27.2 Å². The molecule has 0 aliphatic carbocycles. The predicted molar refractivity (Wildman–Crippen MR) is 122 cm³/mol.